The largest absolute Gasteiger partial charge is 0.319 e. The van der Waals surface area contributed by atoms with Gasteiger partial charge in [-0.1, -0.05) is 35.1 Å². The Bertz CT molecular complexity index is 1300. The molecule has 2 heterocycles. The van der Waals surface area contributed by atoms with Crippen molar-refractivity contribution in [1.29, 1.82) is 0 Å². The SMILES string of the molecule is Cc1ccc(S(=O)(=O)N2CCCC2C(=O)N=c2sc3c(C)cc(C)cc3n2C)cc1. The van der Waals surface area contributed by atoms with Crippen molar-refractivity contribution in [2.24, 2.45) is 12.0 Å². The van der Waals surface area contributed by atoms with Gasteiger partial charge in [-0.05, 0) is 62.9 Å². The number of hydrogen-bond donors (Lipinski definition) is 0. The predicted molar refractivity (Wildman–Crippen MR) is 119 cm³/mol. The summed E-state index contributed by atoms with van der Waals surface area (Å²) in [5, 5.41) is 0. The molecule has 0 bridgehead atoms. The van der Waals surface area contributed by atoms with Crippen molar-refractivity contribution in [3.05, 3.63) is 57.9 Å². The molecule has 1 atom stereocenters. The normalized spacial score (nSPS) is 18.4. The lowest BCUT2D eigenvalue weighted by Crippen LogP contribution is -2.40. The molecule has 158 valence electrons. The Labute approximate surface area is 180 Å². The first kappa shape index (κ1) is 21.0. The van der Waals surface area contributed by atoms with Crippen LogP contribution in [-0.2, 0) is 21.9 Å². The highest BCUT2D eigenvalue weighted by atomic mass is 32.2. The van der Waals surface area contributed by atoms with Gasteiger partial charge in [-0.25, -0.2) is 8.42 Å². The molecule has 1 saturated heterocycles. The lowest BCUT2D eigenvalue weighted by atomic mass is 10.1. The fraction of sp³-hybridized carbons (Fsp3) is 0.364. The lowest BCUT2D eigenvalue weighted by molar-refractivity contribution is -0.121. The van der Waals surface area contributed by atoms with Gasteiger partial charge < -0.3 is 4.57 Å². The van der Waals surface area contributed by atoms with E-state index in [1.807, 2.05) is 32.4 Å². The van der Waals surface area contributed by atoms with Crippen molar-refractivity contribution in [3.8, 4) is 0 Å². The van der Waals surface area contributed by atoms with Crippen LogP contribution in [0.1, 0.15) is 29.5 Å². The Morgan fingerprint density at radius 3 is 2.50 bits per heavy atom. The first-order chi connectivity index (χ1) is 14.2. The van der Waals surface area contributed by atoms with Gasteiger partial charge >= 0.3 is 0 Å². The Morgan fingerprint density at radius 1 is 1.10 bits per heavy atom. The zero-order valence-electron chi connectivity index (χ0n) is 17.5. The van der Waals surface area contributed by atoms with Crippen molar-refractivity contribution >= 4 is 37.5 Å². The number of benzene rings is 2. The van der Waals surface area contributed by atoms with Crippen LogP contribution in [0.2, 0.25) is 0 Å². The van der Waals surface area contributed by atoms with Gasteiger partial charge in [-0.3, -0.25) is 4.79 Å². The average molecular weight is 444 g/mol. The minimum absolute atomic E-state index is 0.214. The van der Waals surface area contributed by atoms with E-state index in [-0.39, 0.29) is 4.90 Å². The van der Waals surface area contributed by atoms with Gasteiger partial charge in [0.15, 0.2) is 4.80 Å². The predicted octanol–water partition coefficient (Wildman–Crippen LogP) is 3.45. The number of aryl methyl sites for hydroxylation is 4. The quantitative estimate of drug-likeness (QED) is 0.622. The summed E-state index contributed by atoms with van der Waals surface area (Å²) in [5.41, 5.74) is 4.31. The van der Waals surface area contributed by atoms with Gasteiger partial charge in [0.1, 0.15) is 6.04 Å². The molecule has 6 nitrogen and oxygen atoms in total. The number of thiazole rings is 1. The van der Waals surface area contributed by atoms with Crippen molar-refractivity contribution in [2.75, 3.05) is 6.54 Å². The fourth-order valence-corrected chi connectivity index (χ4v) is 6.69. The molecule has 1 aliphatic rings. The van der Waals surface area contributed by atoms with Crippen LogP contribution in [0, 0.1) is 20.8 Å². The van der Waals surface area contributed by atoms with Crippen LogP contribution in [0.15, 0.2) is 46.3 Å². The third-order valence-electron chi connectivity index (χ3n) is 5.56. The molecule has 4 rings (SSSR count). The van der Waals surface area contributed by atoms with Crippen molar-refractivity contribution < 1.29 is 13.2 Å². The first-order valence-electron chi connectivity index (χ1n) is 9.92. The van der Waals surface area contributed by atoms with E-state index in [0.717, 1.165) is 26.9 Å². The molecule has 1 aromatic heterocycles. The van der Waals surface area contributed by atoms with Gasteiger partial charge in [0.05, 0.1) is 15.1 Å². The number of rotatable bonds is 3. The van der Waals surface area contributed by atoms with Crippen LogP contribution in [0.4, 0.5) is 0 Å². The molecular weight excluding hydrogens is 418 g/mol. The molecule has 1 fully saturated rings. The zero-order chi connectivity index (χ0) is 21.6. The fourth-order valence-electron chi connectivity index (χ4n) is 3.96. The molecule has 1 amide bonds. The summed E-state index contributed by atoms with van der Waals surface area (Å²) in [6.45, 7) is 6.33. The number of amides is 1. The van der Waals surface area contributed by atoms with Crippen LogP contribution < -0.4 is 4.80 Å². The monoisotopic (exact) mass is 443 g/mol. The number of sulfonamides is 1. The molecule has 0 N–H and O–H groups in total. The van der Waals surface area contributed by atoms with E-state index in [4.69, 9.17) is 0 Å². The van der Waals surface area contributed by atoms with Crippen molar-refractivity contribution in [3.63, 3.8) is 0 Å². The molecule has 0 aliphatic carbocycles. The summed E-state index contributed by atoms with van der Waals surface area (Å²) < 4.78 is 30.6. The van der Waals surface area contributed by atoms with Crippen molar-refractivity contribution in [1.82, 2.24) is 8.87 Å². The maximum Gasteiger partial charge on any atom is 0.266 e. The molecule has 8 heteroatoms. The summed E-state index contributed by atoms with van der Waals surface area (Å²) in [5.74, 6) is -0.403. The summed E-state index contributed by atoms with van der Waals surface area (Å²) >= 11 is 1.46. The molecule has 2 aromatic carbocycles. The molecule has 0 spiro atoms. The highest BCUT2D eigenvalue weighted by molar-refractivity contribution is 7.89. The average Bonchev–Trinajstić information content (AvgIpc) is 3.29. The second-order valence-corrected chi connectivity index (χ2v) is 10.8. The molecule has 1 unspecified atom stereocenters. The van der Waals surface area contributed by atoms with Gasteiger partial charge in [0, 0.05) is 13.6 Å². The number of carbonyl (C=O) groups excluding carboxylic acids is 1. The zero-order valence-corrected chi connectivity index (χ0v) is 19.2. The Morgan fingerprint density at radius 2 is 1.80 bits per heavy atom. The molecule has 0 saturated carbocycles. The Hall–Kier alpha value is -2.29. The number of fused-ring (bicyclic) bond motifs is 1. The topological polar surface area (TPSA) is 71.7 Å². The van der Waals surface area contributed by atoms with Crippen LogP contribution in [-0.4, -0.2) is 35.8 Å². The van der Waals surface area contributed by atoms with Crippen LogP contribution >= 0.6 is 11.3 Å². The van der Waals surface area contributed by atoms with Crippen LogP contribution in [0.5, 0.6) is 0 Å². The van der Waals surface area contributed by atoms with E-state index in [1.54, 1.807) is 24.3 Å². The molecule has 1 aliphatic heterocycles. The van der Waals surface area contributed by atoms with Crippen molar-refractivity contribution in [2.45, 2.75) is 44.6 Å². The second kappa shape index (κ2) is 7.76. The maximum absolute atomic E-state index is 13.1. The lowest BCUT2D eigenvalue weighted by Gasteiger charge is -2.21. The third-order valence-corrected chi connectivity index (χ3v) is 8.77. The molecule has 0 radical (unpaired) electrons. The van der Waals surface area contributed by atoms with Gasteiger partial charge in [-0.2, -0.15) is 9.30 Å². The first-order valence-corrected chi connectivity index (χ1v) is 12.2. The Kier molecular flexibility index (Phi) is 5.42. The van der Waals surface area contributed by atoms with E-state index in [9.17, 15) is 13.2 Å². The van der Waals surface area contributed by atoms with E-state index < -0.39 is 22.0 Å². The van der Waals surface area contributed by atoms with Gasteiger partial charge in [0.25, 0.3) is 5.91 Å². The summed E-state index contributed by atoms with van der Waals surface area (Å²) in [7, 11) is -1.85. The maximum atomic E-state index is 13.1. The number of nitrogens with zero attached hydrogens (tertiary/aromatic N) is 3. The minimum Gasteiger partial charge on any atom is -0.319 e. The summed E-state index contributed by atoms with van der Waals surface area (Å²) in [4.78, 5) is 18.2. The number of carbonyl (C=O) groups is 1. The van der Waals surface area contributed by atoms with Gasteiger partial charge in [0.2, 0.25) is 10.0 Å². The second-order valence-electron chi connectivity index (χ2n) is 7.91. The summed E-state index contributed by atoms with van der Waals surface area (Å²) in [6.07, 6.45) is 1.13. The number of aromatic nitrogens is 1. The van der Waals surface area contributed by atoms with E-state index in [0.29, 0.717) is 24.2 Å². The minimum atomic E-state index is -3.74. The summed E-state index contributed by atoms with van der Waals surface area (Å²) in [6, 6.07) is 10.2. The third kappa shape index (κ3) is 3.64. The molecule has 30 heavy (non-hydrogen) atoms. The standard InChI is InChI=1S/C22H25N3O3S2/c1-14-7-9-17(10-8-14)30(27,28)25-11-5-6-18(25)21(26)23-22-24(4)19-13-15(2)12-16(3)20(19)29-22/h7-10,12-13,18H,5-6,11H2,1-4H3. The van der Waals surface area contributed by atoms with E-state index in [1.165, 1.54) is 15.6 Å². The van der Waals surface area contributed by atoms with E-state index in [2.05, 4.69) is 17.1 Å². The molecular formula is C22H25N3O3S2. The molecule has 3 aromatic rings. The smallest absolute Gasteiger partial charge is 0.266 e. The number of hydrogen-bond acceptors (Lipinski definition) is 4. The Balaban J connectivity index is 1.71. The van der Waals surface area contributed by atoms with Crippen LogP contribution in [0.3, 0.4) is 0 Å². The highest BCUT2D eigenvalue weighted by Gasteiger charge is 2.39. The van der Waals surface area contributed by atoms with E-state index >= 15 is 0 Å². The van der Waals surface area contributed by atoms with Crippen LogP contribution in [0.25, 0.3) is 10.2 Å². The van der Waals surface area contributed by atoms with Gasteiger partial charge in [-0.15, -0.1) is 0 Å². The highest BCUT2D eigenvalue weighted by Crippen LogP contribution is 2.27.